The van der Waals surface area contributed by atoms with Crippen LogP contribution in [0.15, 0.2) is 71.6 Å². The van der Waals surface area contributed by atoms with Crippen molar-refractivity contribution in [3.8, 4) is 0 Å². The number of anilines is 1. The van der Waals surface area contributed by atoms with Gasteiger partial charge in [0.25, 0.3) is 0 Å². The smallest absolute Gasteiger partial charge is 0.220 e. The fraction of sp³-hybridized carbons (Fsp3) is 0.261. The molecule has 0 aromatic heterocycles. The number of nitrogens with one attached hydrogen (secondary N) is 1. The molecule has 0 spiro atoms. The second kappa shape index (κ2) is 9.80. The van der Waals surface area contributed by atoms with Gasteiger partial charge in [-0.3, -0.25) is 5.01 Å². The van der Waals surface area contributed by atoms with Crippen LogP contribution in [0.4, 0.5) is 10.1 Å². The quantitative estimate of drug-likeness (QED) is 0.400. The summed E-state index contributed by atoms with van der Waals surface area (Å²) < 4.78 is 42.3. The minimum Gasteiger partial charge on any atom is -0.256 e. The third-order valence-corrected chi connectivity index (χ3v) is 8.75. The highest BCUT2D eigenvalue weighted by Crippen LogP contribution is 2.40. The van der Waals surface area contributed by atoms with Crippen LogP contribution in [0.3, 0.4) is 0 Å². The van der Waals surface area contributed by atoms with Crippen LogP contribution in [0, 0.1) is 0 Å². The maximum absolute atomic E-state index is 13.8. The van der Waals surface area contributed by atoms with Crippen molar-refractivity contribution in [2.75, 3.05) is 11.6 Å². The van der Waals surface area contributed by atoms with Gasteiger partial charge in [0, 0.05) is 16.5 Å². The van der Waals surface area contributed by atoms with Crippen LogP contribution < -0.4 is 9.73 Å². The lowest BCUT2D eigenvalue weighted by Crippen LogP contribution is -2.46. The average Bonchev–Trinajstić information content (AvgIpc) is 3.18. The van der Waals surface area contributed by atoms with Gasteiger partial charge >= 0.3 is 0 Å². The van der Waals surface area contributed by atoms with Crippen molar-refractivity contribution in [1.29, 1.82) is 0 Å². The third-order valence-electron chi connectivity index (χ3n) is 5.63. The summed E-state index contributed by atoms with van der Waals surface area (Å²) in [6, 6.07) is 12.1. The van der Waals surface area contributed by atoms with E-state index in [2.05, 4.69) is 9.82 Å². The van der Waals surface area contributed by atoms with Crippen LogP contribution in [0.1, 0.15) is 24.9 Å². The molecule has 180 valence electrons. The van der Waals surface area contributed by atoms with Crippen molar-refractivity contribution in [2.45, 2.75) is 29.5 Å². The van der Waals surface area contributed by atoms with Gasteiger partial charge in [-0.2, -0.15) is 5.10 Å². The molecule has 2 unspecified atom stereocenters. The Morgan fingerprint density at radius 2 is 1.82 bits per heavy atom. The van der Waals surface area contributed by atoms with E-state index in [4.69, 9.17) is 46.4 Å². The Morgan fingerprint density at radius 3 is 2.50 bits per heavy atom. The number of allylic oxidation sites excluding steroid dienone is 3. The Labute approximate surface area is 217 Å². The van der Waals surface area contributed by atoms with Gasteiger partial charge in [0.1, 0.15) is 11.1 Å². The summed E-state index contributed by atoms with van der Waals surface area (Å²) in [6.07, 6.45) is 3.92. The Kier molecular flexibility index (Phi) is 7.34. The second-order valence-corrected chi connectivity index (χ2v) is 12.2. The highest BCUT2D eigenvalue weighted by Gasteiger charge is 2.41. The Bertz CT molecular complexity index is 1290. The molecule has 11 heteroatoms. The lowest BCUT2D eigenvalue weighted by Gasteiger charge is -2.29. The summed E-state index contributed by atoms with van der Waals surface area (Å²) in [5.41, 5.74) is 2.12. The number of hydrazone groups is 1. The molecule has 0 radical (unpaired) electrons. The summed E-state index contributed by atoms with van der Waals surface area (Å²) >= 11 is 24.9. The minimum absolute atomic E-state index is 0.0726. The molecule has 5 nitrogen and oxygen atoms in total. The zero-order valence-electron chi connectivity index (χ0n) is 17.9. The van der Waals surface area contributed by atoms with Crippen LogP contribution in [0.25, 0.3) is 0 Å². The van der Waals surface area contributed by atoms with Crippen molar-refractivity contribution in [1.82, 2.24) is 4.72 Å². The van der Waals surface area contributed by atoms with Crippen molar-refractivity contribution in [3.63, 3.8) is 0 Å². The average molecular weight is 563 g/mol. The van der Waals surface area contributed by atoms with Crippen LogP contribution in [0.5, 0.6) is 0 Å². The molecule has 2 aromatic carbocycles. The number of rotatable bonds is 6. The van der Waals surface area contributed by atoms with E-state index in [1.54, 1.807) is 35.3 Å². The van der Waals surface area contributed by atoms with Crippen LogP contribution in [-0.4, -0.2) is 30.8 Å². The molecule has 1 aliphatic heterocycles. The monoisotopic (exact) mass is 561 g/mol. The van der Waals surface area contributed by atoms with E-state index in [1.165, 1.54) is 13.0 Å². The Hall–Kier alpha value is -1.61. The number of sulfonamides is 1. The van der Waals surface area contributed by atoms with Gasteiger partial charge in [-0.05, 0) is 55.0 Å². The molecule has 0 saturated heterocycles. The lowest BCUT2D eigenvalue weighted by molar-refractivity contribution is 0.560. The topological polar surface area (TPSA) is 61.8 Å². The second-order valence-electron chi connectivity index (χ2n) is 8.20. The predicted octanol–water partition coefficient (Wildman–Crippen LogP) is 6.66. The van der Waals surface area contributed by atoms with Gasteiger partial charge < -0.3 is 0 Å². The summed E-state index contributed by atoms with van der Waals surface area (Å²) in [7, 11) is -4.00. The summed E-state index contributed by atoms with van der Waals surface area (Å²) in [4.78, 5) is -1.28. The number of nitrogens with zero attached hydrogens (tertiary/aromatic N) is 2. The number of hydrogen-bond acceptors (Lipinski definition) is 4. The van der Waals surface area contributed by atoms with Crippen molar-refractivity contribution in [2.24, 2.45) is 5.10 Å². The summed E-state index contributed by atoms with van der Waals surface area (Å²) in [5, 5.41) is 6.60. The van der Waals surface area contributed by atoms with E-state index in [1.807, 2.05) is 12.1 Å². The summed E-state index contributed by atoms with van der Waals surface area (Å²) in [6.45, 7) is 1.45. The first-order valence-corrected chi connectivity index (χ1v) is 13.3. The molecule has 1 N–H and O–H groups in total. The third kappa shape index (κ3) is 5.45. The molecule has 2 aliphatic rings. The van der Waals surface area contributed by atoms with Crippen molar-refractivity contribution >= 4 is 67.8 Å². The van der Waals surface area contributed by atoms with E-state index in [9.17, 15) is 12.8 Å². The number of alkyl halides is 1. The van der Waals surface area contributed by atoms with E-state index in [-0.39, 0.29) is 12.6 Å². The van der Waals surface area contributed by atoms with Crippen LogP contribution in [0.2, 0.25) is 15.1 Å². The maximum atomic E-state index is 13.8. The molecular weight excluding hydrogens is 543 g/mol. The SMILES string of the molecule is CC1(Cl)C=CC(F)=C[C@H]1S(=O)(=O)NCC1=NN(c2ccc(Cl)cc2Cl)C(c2ccc(Cl)cc2)C1. The molecule has 0 amide bonds. The molecule has 4 rings (SSSR count). The van der Waals surface area contributed by atoms with Gasteiger partial charge in [-0.1, -0.05) is 53.0 Å². The van der Waals surface area contributed by atoms with Gasteiger partial charge in [0.05, 0.1) is 33.9 Å². The zero-order chi connectivity index (χ0) is 24.7. The maximum Gasteiger partial charge on any atom is 0.220 e. The van der Waals surface area contributed by atoms with Crippen LogP contribution >= 0.6 is 46.4 Å². The van der Waals surface area contributed by atoms with E-state index in [0.29, 0.717) is 32.9 Å². The molecule has 0 fully saturated rings. The van der Waals surface area contributed by atoms with Crippen molar-refractivity contribution < 1.29 is 12.8 Å². The van der Waals surface area contributed by atoms with Gasteiger partial charge in [0.2, 0.25) is 10.0 Å². The van der Waals surface area contributed by atoms with Crippen LogP contribution in [-0.2, 0) is 10.0 Å². The first-order valence-electron chi connectivity index (χ1n) is 10.3. The number of hydrogen-bond donors (Lipinski definition) is 1. The molecule has 2 aromatic rings. The Morgan fingerprint density at radius 1 is 1.15 bits per heavy atom. The first kappa shape index (κ1) is 25.5. The molecule has 3 atom stereocenters. The van der Waals surface area contributed by atoms with E-state index in [0.717, 1.165) is 17.7 Å². The normalized spacial score (nSPS) is 24.8. The van der Waals surface area contributed by atoms with E-state index >= 15 is 0 Å². The fourth-order valence-corrected chi connectivity index (χ4v) is 6.52. The van der Waals surface area contributed by atoms with Gasteiger partial charge in [-0.15, -0.1) is 11.6 Å². The molecule has 1 aliphatic carbocycles. The predicted molar refractivity (Wildman–Crippen MR) is 138 cm³/mol. The van der Waals surface area contributed by atoms with Gasteiger partial charge in [-0.25, -0.2) is 17.5 Å². The lowest BCUT2D eigenvalue weighted by atomic mass is 10.0. The molecule has 1 heterocycles. The minimum atomic E-state index is -4.00. The van der Waals surface area contributed by atoms with Gasteiger partial charge in [0.15, 0.2) is 0 Å². The first-order chi connectivity index (χ1) is 16.0. The Balaban J connectivity index is 1.60. The highest BCUT2D eigenvalue weighted by atomic mass is 35.5. The highest BCUT2D eigenvalue weighted by molar-refractivity contribution is 7.90. The molecule has 0 saturated carbocycles. The molecule has 0 bridgehead atoms. The largest absolute Gasteiger partial charge is 0.256 e. The molecular formula is C23H20Cl4FN3O2S. The fourth-order valence-electron chi connectivity index (χ4n) is 3.88. The van der Waals surface area contributed by atoms with Crippen molar-refractivity contribution in [3.05, 3.63) is 87.2 Å². The zero-order valence-corrected chi connectivity index (χ0v) is 21.7. The molecule has 34 heavy (non-hydrogen) atoms. The number of benzene rings is 2. The standard InChI is InChI=1S/C23H20Cl4FN3O2S/c1-23(27)9-8-17(28)11-22(23)34(32,33)29-13-18-12-21(14-2-4-15(24)5-3-14)31(30-18)20-7-6-16(25)10-19(20)26/h2-11,21-22,29H,12-13H2,1H3/t21?,22-,23?/m1/s1. The van der Waals surface area contributed by atoms with E-state index < -0.39 is 26.0 Å². The summed E-state index contributed by atoms with van der Waals surface area (Å²) in [5.74, 6) is -0.655. The number of halogens is 5.